The first kappa shape index (κ1) is 17.0. The van der Waals surface area contributed by atoms with Crippen molar-refractivity contribution in [1.29, 1.82) is 0 Å². The molecule has 0 aromatic heterocycles. The van der Waals surface area contributed by atoms with E-state index in [0.29, 0.717) is 17.9 Å². The van der Waals surface area contributed by atoms with Gasteiger partial charge >= 0.3 is 0 Å². The molecular weight excluding hydrogens is 258 g/mol. The largest absolute Gasteiger partial charge is 0.314 e. The molecule has 3 nitrogen and oxygen atoms in total. The van der Waals surface area contributed by atoms with Crippen LogP contribution in [0.5, 0.6) is 0 Å². The van der Waals surface area contributed by atoms with Gasteiger partial charge in [0.2, 0.25) is 0 Å². The third-order valence-electron chi connectivity index (χ3n) is 4.22. The Hall–Kier alpha value is -0.0900. The van der Waals surface area contributed by atoms with Gasteiger partial charge in [-0.15, -0.1) is 0 Å². The molecule has 3 unspecified atom stereocenters. The molecule has 1 N–H and O–H groups in total. The second kappa shape index (κ2) is 7.63. The molecule has 1 saturated carbocycles. The Balaban J connectivity index is 2.66. The molecule has 0 spiro atoms. The molecule has 1 fully saturated rings. The molecule has 0 bridgehead atoms. The van der Waals surface area contributed by atoms with Crippen LogP contribution in [0.3, 0.4) is 0 Å². The minimum atomic E-state index is -2.87. The van der Waals surface area contributed by atoms with Gasteiger partial charge in [0.25, 0.3) is 0 Å². The van der Waals surface area contributed by atoms with Gasteiger partial charge in [-0.25, -0.2) is 8.42 Å². The molecule has 0 heterocycles. The summed E-state index contributed by atoms with van der Waals surface area (Å²) in [4.78, 5) is 0. The molecule has 0 aromatic rings. The molecule has 1 rings (SSSR count). The number of hydrogen-bond donors (Lipinski definition) is 1. The van der Waals surface area contributed by atoms with Crippen LogP contribution in [0.25, 0.3) is 0 Å². The lowest BCUT2D eigenvalue weighted by Gasteiger charge is -2.35. The minimum Gasteiger partial charge on any atom is -0.314 e. The highest BCUT2D eigenvalue weighted by molar-refractivity contribution is 7.91. The fourth-order valence-electron chi connectivity index (χ4n) is 3.22. The number of nitrogens with one attached hydrogen (secondary N) is 1. The molecule has 0 radical (unpaired) electrons. The summed E-state index contributed by atoms with van der Waals surface area (Å²) in [6.07, 6.45) is 7.64. The highest BCUT2D eigenvalue weighted by atomic mass is 32.2. The van der Waals surface area contributed by atoms with Crippen LogP contribution in [0.15, 0.2) is 0 Å². The highest BCUT2D eigenvalue weighted by Crippen LogP contribution is 2.32. The summed E-state index contributed by atoms with van der Waals surface area (Å²) in [5.41, 5.74) is 0. The van der Waals surface area contributed by atoms with Crippen LogP contribution < -0.4 is 5.32 Å². The molecule has 19 heavy (non-hydrogen) atoms. The minimum absolute atomic E-state index is 0.107. The molecular formula is C15H31NO2S. The number of rotatable bonds is 7. The summed E-state index contributed by atoms with van der Waals surface area (Å²) >= 11 is 0. The van der Waals surface area contributed by atoms with E-state index in [1.807, 2.05) is 0 Å². The Bertz CT molecular complexity index is 351. The van der Waals surface area contributed by atoms with E-state index >= 15 is 0 Å². The second-order valence-electron chi connectivity index (χ2n) is 6.57. The van der Waals surface area contributed by atoms with Crippen molar-refractivity contribution in [3.8, 4) is 0 Å². The van der Waals surface area contributed by atoms with Crippen LogP contribution in [0.1, 0.15) is 59.3 Å². The molecule has 3 atom stereocenters. The van der Waals surface area contributed by atoms with Gasteiger partial charge in [0.05, 0.1) is 5.25 Å². The van der Waals surface area contributed by atoms with Crippen molar-refractivity contribution in [1.82, 2.24) is 5.32 Å². The van der Waals surface area contributed by atoms with E-state index in [9.17, 15) is 8.42 Å². The van der Waals surface area contributed by atoms with Crippen molar-refractivity contribution < 1.29 is 8.42 Å². The second-order valence-corrected chi connectivity index (χ2v) is 8.89. The quantitative estimate of drug-likeness (QED) is 0.783. The van der Waals surface area contributed by atoms with Crippen LogP contribution in [0.4, 0.5) is 0 Å². The maximum atomic E-state index is 11.8. The van der Waals surface area contributed by atoms with Crippen molar-refractivity contribution in [3.63, 3.8) is 0 Å². The van der Waals surface area contributed by atoms with Crippen molar-refractivity contribution in [2.45, 2.75) is 70.6 Å². The van der Waals surface area contributed by atoms with Gasteiger partial charge in [-0.2, -0.15) is 0 Å². The molecule has 1 aliphatic rings. The SMILES string of the molecule is CCCNC(CC(C)C)C1CCCC(S(C)(=O)=O)C1. The fourth-order valence-corrected chi connectivity index (χ4v) is 4.41. The zero-order chi connectivity index (χ0) is 14.5. The van der Waals surface area contributed by atoms with E-state index in [1.165, 1.54) is 12.7 Å². The predicted molar refractivity (Wildman–Crippen MR) is 82.1 cm³/mol. The molecule has 4 heteroatoms. The standard InChI is InChI=1S/C15H31NO2S/c1-5-9-16-15(10-12(2)3)13-7-6-8-14(11-13)19(4,17)18/h12-16H,5-11H2,1-4H3. The van der Waals surface area contributed by atoms with Crippen LogP contribution >= 0.6 is 0 Å². The predicted octanol–water partition coefficient (Wildman–Crippen LogP) is 3.00. The molecule has 1 aliphatic carbocycles. The van der Waals surface area contributed by atoms with E-state index in [-0.39, 0.29) is 5.25 Å². The van der Waals surface area contributed by atoms with E-state index in [2.05, 4.69) is 26.1 Å². The first-order valence-electron chi connectivity index (χ1n) is 7.76. The lowest BCUT2D eigenvalue weighted by atomic mass is 9.80. The Morgan fingerprint density at radius 2 is 1.95 bits per heavy atom. The summed E-state index contributed by atoms with van der Waals surface area (Å²) < 4.78 is 23.5. The molecule has 114 valence electrons. The van der Waals surface area contributed by atoms with E-state index in [0.717, 1.165) is 38.6 Å². The lowest BCUT2D eigenvalue weighted by Crippen LogP contribution is -2.42. The average molecular weight is 289 g/mol. The van der Waals surface area contributed by atoms with E-state index in [4.69, 9.17) is 0 Å². The van der Waals surface area contributed by atoms with Gasteiger partial charge in [0.15, 0.2) is 0 Å². The Labute approximate surface area is 119 Å². The maximum absolute atomic E-state index is 11.8. The zero-order valence-electron chi connectivity index (χ0n) is 13.0. The molecule has 0 amide bonds. The van der Waals surface area contributed by atoms with Crippen molar-refractivity contribution in [2.24, 2.45) is 11.8 Å². The number of sulfone groups is 1. The van der Waals surface area contributed by atoms with Gasteiger partial charge in [-0.05, 0) is 50.5 Å². The normalized spacial score (nSPS) is 26.6. The summed E-state index contributed by atoms with van der Waals surface area (Å²) in [5, 5.41) is 3.54. The molecule has 0 aliphatic heterocycles. The van der Waals surface area contributed by atoms with Crippen LogP contribution in [0.2, 0.25) is 0 Å². The Kier molecular flexibility index (Phi) is 6.81. The Morgan fingerprint density at radius 1 is 1.26 bits per heavy atom. The molecule has 0 aromatic carbocycles. The van der Waals surface area contributed by atoms with Crippen molar-refractivity contribution in [3.05, 3.63) is 0 Å². The summed E-state index contributed by atoms with van der Waals surface area (Å²) in [6, 6.07) is 0.490. The van der Waals surface area contributed by atoms with E-state index < -0.39 is 9.84 Å². The first-order valence-corrected chi connectivity index (χ1v) is 9.72. The highest BCUT2D eigenvalue weighted by Gasteiger charge is 2.32. The summed E-state index contributed by atoms with van der Waals surface area (Å²) in [6.45, 7) is 7.71. The van der Waals surface area contributed by atoms with Gasteiger partial charge in [-0.1, -0.05) is 27.2 Å². The summed E-state index contributed by atoms with van der Waals surface area (Å²) in [7, 11) is -2.87. The monoisotopic (exact) mass is 289 g/mol. The topological polar surface area (TPSA) is 46.2 Å². The Morgan fingerprint density at radius 3 is 2.47 bits per heavy atom. The average Bonchev–Trinajstić information content (AvgIpc) is 2.33. The van der Waals surface area contributed by atoms with Crippen LogP contribution in [-0.4, -0.2) is 32.5 Å². The van der Waals surface area contributed by atoms with Gasteiger partial charge in [0, 0.05) is 12.3 Å². The third-order valence-corrected chi connectivity index (χ3v) is 5.86. The maximum Gasteiger partial charge on any atom is 0.150 e. The van der Waals surface area contributed by atoms with Gasteiger partial charge < -0.3 is 5.32 Å². The summed E-state index contributed by atoms with van der Waals surface area (Å²) in [5.74, 6) is 1.19. The van der Waals surface area contributed by atoms with E-state index in [1.54, 1.807) is 0 Å². The smallest absolute Gasteiger partial charge is 0.150 e. The van der Waals surface area contributed by atoms with Crippen LogP contribution in [-0.2, 0) is 9.84 Å². The van der Waals surface area contributed by atoms with Crippen molar-refractivity contribution in [2.75, 3.05) is 12.8 Å². The third kappa shape index (κ3) is 5.82. The molecule has 0 saturated heterocycles. The van der Waals surface area contributed by atoms with Crippen molar-refractivity contribution >= 4 is 9.84 Å². The lowest BCUT2D eigenvalue weighted by molar-refractivity contribution is 0.243. The van der Waals surface area contributed by atoms with Crippen LogP contribution in [0, 0.1) is 11.8 Å². The van der Waals surface area contributed by atoms with Gasteiger partial charge in [0.1, 0.15) is 9.84 Å². The fraction of sp³-hybridized carbons (Fsp3) is 1.00. The van der Waals surface area contributed by atoms with Gasteiger partial charge in [-0.3, -0.25) is 0 Å². The zero-order valence-corrected chi connectivity index (χ0v) is 13.8. The number of hydrogen-bond acceptors (Lipinski definition) is 3. The first-order chi connectivity index (χ1) is 8.84.